The Balaban J connectivity index is 1.82. The van der Waals surface area contributed by atoms with E-state index < -0.39 is 5.97 Å². The smallest absolute Gasteiger partial charge is 0.338 e. The first kappa shape index (κ1) is 12.3. The molecule has 3 rings (SSSR count). The fourth-order valence-corrected chi connectivity index (χ4v) is 1.97. The lowest BCUT2D eigenvalue weighted by atomic mass is 10.2. The van der Waals surface area contributed by atoms with E-state index in [1.54, 1.807) is 31.3 Å². The Labute approximate surface area is 113 Å². The molecule has 6 nitrogen and oxygen atoms in total. The highest BCUT2D eigenvalue weighted by molar-refractivity contribution is 5.93. The molecule has 0 aliphatic rings. The van der Waals surface area contributed by atoms with Gasteiger partial charge in [-0.1, -0.05) is 0 Å². The number of furan rings is 1. The minimum absolute atomic E-state index is 0.151. The molecular weight excluding hydrogens is 260 g/mol. The van der Waals surface area contributed by atoms with Crippen LogP contribution in [0.15, 0.2) is 46.0 Å². The van der Waals surface area contributed by atoms with Crippen LogP contribution in [0.3, 0.4) is 0 Å². The van der Waals surface area contributed by atoms with Gasteiger partial charge in [0.05, 0.1) is 29.1 Å². The fourth-order valence-electron chi connectivity index (χ4n) is 1.97. The predicted molar refractivity (Wildman–Crippen MR) is 71.4 cm³/mol. The maximum absolute atomic E-state index is 11.9. The summed E-state index contributed by atoms with van der Waals surface area (Å²) >= 11 is 0. The van der Waals surface area contributed by atoms with E-state index in [1.165, 1.54) is 17.1 Å². The van der Waals surface area contributed by atoms with Crippen molar-refractivity contribution in [3.8, 4) is 0 Å². The maximum atomic E-state index is 11.9. The quantitative estimate of drug-likeness (QED) is 0.738. The highest BCUT2D eigenvalue weighted by atomic mass is 16.5. The Morgan fingerprint density at radius 2 is 2.25 bits per heavy atom. The zero-order chi connectivity index (χ0) is 14.1. The molecule has 0 bridgehead atoms. The normalized spacial score (nSPS) is 10.8. The van der Waals surface area contributed by atoms with Gasteiger partial charge in [0.25, 0.3) is 0 Å². The van der Waals surface area contributed by atoms with Crippen molar-refractivity contribution in [2.75, 3.05) is 0 Å². The zero-order valence-electron chi connectivity index (χ0n) is 10.8. The highest BCUT2D eigenvalue weighted by Gasteiger charge is 2.11. The number of nitrogens with one attached hydrogen (secondary N) is 1. The van der Waals surface area contributed by atoms with Crippen LogP contribution in [0, 0.1) is 0 Å². The van der Waals surface area contributed by atoms with Crippen molar-refractivity contribution in [1.82, 2.24) is 9.55 Å². The summed E-state index contributed by atoms with van der Waals surface area (Å²) in [6.07, 6.45) is 3.04. The van der Waals surface area contributed by atoms with Crippen molar-refractivity contribution in [3.05, 3.63) is 58.4 Å². The van der Waals surface area contributed by atoms with Gasteiger partial charge >= 0.3 is 11.7 Å². The molecule has 2 aromatic heterocycles. The van der Waals surface area contributed by atoms with E-state index in [0.717, 1.165) is 11.1 Å². The van der Waals surface area contributed by atoms with Gasteiger partial charge in [0, 0.05) is 12.6 Å². The van der Waals surface area contributed by atoms with Crippen LogP contribution in [0.2, 0.25) is 0 Å². The number of fused-ring (bicyclic) bond motifs is 1. The maximum Gasteiger partial charge on any atom is 0.338 e. The molecule has 0 aliphatic carbocycles. The predicted octanol–water partition coefficient (Wildman–Crippen LogP) is 1.82. The number of nitrogens with zero attached hydrogens (tertiary/aromatic N) is 1. The monoisotopic (exact) mass is 272 g/mol. The van der Waals surface area contributed by atoms with Crippen molar-refractivity contribution >= 4 is 17.0 Å². The lowest BCUT2D eigenvalue weighted by molar-refractivity contribution is 0.0472. The number of H-pyrrole nitrogens is 1. The summed E-state index contributed by atoms with van der Waals surface area (Å²) in [7, 11) is 1.66. The number of hydrogen-bond donors (Lipinski definition) is 1. The van der Waals surface area contributed by atoms with E-state index in [4.69, 9.17) is 9.15 Å². The second kappa shape index (κ2) is 4.73. The van der Waals surface area contributed by atoms with Crippen LogP contribution in [-0.2, 0) is 18.4 Å². The van der Waals surface area contributed by atoms with E-state index in [1.807, 2.05) is 0 Å². The third kappa shape index (κ3) is 2.11. The van der Waals surface area contributed by atoms with E-state index >= 15 is 0 Å². The van der Waals surface area contributed by atoms with Crippen LogP contribution in [0.4, 0.5) is 0 Å². The molecule has 0 unspecified atom stereocenters. The second-order valence-corrected chi connectivity index (χ2v) is 4.43. The van der Waals surface area contributed by atoms with E-state index in [0.29, 0.717) is 11.1 Å². The molecule has 0 fully saturated rings. The lowest BCUT2D eigenvalue weighted by Gasteiger charge is -2.03. The summed E-state index contributed by atoms with van der Waals surface area (Å²) in [4.78, 5) is 26.1. The van der Waals surface area contributed by atoms with E-state index in [2.05, 4.69) is 4.98 Å². The Morgan fingerprint density at radius 1 is 1.40 bits per heavy atom. The third-order valence-corrected chi connectivity index (χ3v) is 3.09. The Hall–Kier alpha value is -2.76. The number of benzene rings is 1. The molecule has 20 heavy (non-hydrogen) atoms. The molecule has 1 N–H and O–H groups in total. The number of aryl methyl sites for hydroxylation is 1. The van der Waals surface area contributed by atoms with Gasteiger partial charge < -0.3 is 14.1 Å². The average Bonchev–Trinajstić information content (AvgIpc) is 3.05. The molecule has 2 heterocycles. The molecule has 0 amide bonds. The topological polar surface area (TPSA) is 77.2 Å². The molecule has 0 aliphatic heterocycles. The van der Waals surface area contributed by atoms with Gasteiger partial charge in [-0.15, -0.1) is 0 Å². The van der Waals surface area contributed by atoms with Crippen molar-refractivity contribution in [2.45, 2.75) is 6.61 Å². The first-order valence-electron chi connectivity index (χ1n) is 6.02. The van der Waals surface area contributed by atoms with Crippen LogP contribution in [-0.4, -0.2) is 15.5 Å². The van der Waals surface area contributed by atoms with Gasteiger partial charge in [0.1, 0.15) is 6.61 Å². The van der Waals surface area contributed by atoms with Gasteiger partial charge in [-0.25, -0.2) is 9.59 Å². The molecule has 1 aromatic carbocycles. The van der Waals surface area contributed by atoms with Crippen molar-refractivity contribution < 1.29 is 13.9 Å². The van der Waals surface area contributed by atoms with Crippen LogP contribution < -0.4 is 5.69 Å². The Kier molecular flexibility index (Phi) is 2.90. The number of imidazole rings is 1. The summed E-state index contributed by atoms with van der Waals surface area (Å²) in [6, 6.07) is 6.68. The Morgan fingerprint density at radius 3 is 3.00 bits per heavy atom. The molecule has 102 valence electrons. The van der Waals surface area contributed by atoms with Crippen molar-refractivity contribution in [3.63, 3.8) is 0 Å². The summed E-state index contributed by atoms with van der Waals surface area (Å²) in [5, 5.41) is 0. The summed E-state index contributed by atoms with van der Waals surface area (Å²) in [6.45, 7) is 0.151. The number of aromatic amines is 1. The summed E-state index contributed by atoms with van der Waals surface area (Å²) < 4.78 is 11.5. The van der Waals surface area contributed by atoms with Gasteiger partial charge in [-0.2, -0.15) is 0 Å². The molecular formula is C14H12N2O4. The number of aromatic nitrogens is 2. The van der Waals surface area contributed by atoms with Gasteiger partial charge in [-0.05, 0) is 24.3 Å². The van der Waals surface area contributed by atoms with Crippen molar-refractivity contribution in [2.24, 2.45) is 7.05 Å². The van der Waals surface area contributed by atoms with Crippen LogP contribution >= 0.6 is 0 Å². The molecule has 3 aromatic rings. The Bertz CT molecular complexity index is 811. The van der Waals surface area contributed by atoms with Gasteiger partial charge in [-0.3, -0.25) is 4.57 Å². The van der Waals surface area contributed by atoms with E-state index in [-0.39, 0.29) is 12.3 Å². The van der Waals surface area contributed by atoms with Gasteiger partial charge in [0.2, 0.25) is 0 Å². The molecule has 0 saturated heterocycles. The molecule has 0 saturated carbocycles. The summed E-state index contributed by atoms with van der Waals surface area (Å²) in [5.74, 6) is -0.446. The number of carbonyl (C=O) groups is 1. The van der Waals surface area contributed by atoms with Crippen LogP contribution in [0.25, 0.3) is 11.0 Å². The number of esters is 1. The van der Waals surface area contributed by atoms with Crippen LogP contribution in [0.5, 0.6) is 0 Å². The minimum atomic E-state index is -0.446. The molecule has 0 atom stereocenters. The van der Waals surface area contributed by atoms with Gasteiger partial charge in [0.15, 0.2) is 0 Å². The van der Waals surface area contributed by atoms with E-state index in [9.17, 15) is 9.59 Å². The standard InChI is InChI=1S/C14H12N2O4/c1-16-12-3-2-10(6-11(12)15-14(16)18)13(17)20-8-9-4-5-19-7-9/h2-7H,8H2,1H3,(H,15,18). The molecule has 0 radical (unpaired) electrons. The first-order chi connectivity index (χ1) is 9.65. The number of rotatable bonds is 3. The SMILES string of the molecule is Cn1c(=O)[nH]c2cc(C(=O)OCc3ccoc3)ccc21. The lowest BCUT2D eigenvalue weighted by Crippen LogP contribution is -2.11. The van der Waals surface area contributed by atoms with Crippen molar-refractivity contribution in [1.29, 1.82) is 0 Å². The summed E-state index contributed by atoms with van der Waals surface area (Å²) in [5.41, 5.74) is 2.30. The molecule has 0 spiro atoms. The largest absolute Gasteiger partial charge is 0.472 e. The second-order valence-electron chi connectivity index (χ2n) is 4.43. The number of ether oxygens (including phenoxy) is 1. The van der Waals surface area contributed by atoms with Crippen LogP contribution in [0.1, 0.15) is 15.9 Å². The average molecular weight is 272 g/mol. The zero-order valence-corrected chi connectivity index (χ0v) is 10.8. The minimum Gasteiger partial charge on any atom is -0.472 e. The first-order valence-corrected chi connectivity index (χ1v) is 6.02. The fraction of sp³-hybridized carbons (Fsp3) is 0.143. The third-order valence-electron chi connectivity index (χ3n) is 3.09. The molecule has 6 heteroatoms. The highest BCUT2D eigenvalue weighted by Crippen LogP contribution is 2.13. The number of hydrogen-bond acceptors (Lipinski definition) is 4. The number of carbonyl (C=O) groups excluding carboxylic acids is 1.